The first-order chi connectivity index (χ1) is 9.60. The first kappa shape index (κ1) is 13.9. The van der Waals surface area contributed by atoms with E-state index in [0.717, 1.165) is 0 Å². The van der Waals surface area contributed by atoms with E-state index in [1.165, 1.54) is 18.2 Å². The second-order valence-electron chi connectivity index (χ2n) is 4.07. The molecule has 20 heavy (non-hydrogen) atoms. The van der Waals surface area contributed by atoms with Gasteiger partial charge in [-0.15, -0.1) is 0 Å². The van der Waals surface area contributed by atoms with Gasteiger partial charge >= 0.3 is 0 Å². The molecule has 0 aliphatic heterocycles. The SMILES string of the molecule is CCOc1cccc(Oc2ccc(C(=N)N)cc2F)c1. The quantitative estimate of drug-likeness (QED) is 0.649. The van der Waals surface area contributed by atoms with Gasteiger partial charge in [0.15, 0.2) is 11.6 Å². The number of nitrogens with one attached hydrogen (secondary N) is 1. The van der Waals surface area contributed by atoms with Crippen LogP contribution in [0.1, 0.15) is 12.5 Å². The summed E-state index contributed by atoms with van der Waals surface area (Å²) >= 11 is 0. The van der Waals surface area contributed by atoms with Crippen LogP contribution in [-0.4, -0.2) is 12.4 Å². The average Bonchev–Trinajstić information content (AvgIpc) is 2.42. The van der Waals surface area contributed by atoms with E-state index >= 15 is 0 Å². The highest BCUT2D eigenvalue weighted by Gasteiger charge is 2.08. The van der Waals surface area contributed by atoms with Gasteiger partial charge in [0.1, 0.15) is 17.3 Å². The fraction of sp³-hybridized carbons (Fsp3) is 0.133. The molecule has 0 aromatic heterocycles. The molecule has 0 fully saturated rings. The molecule has 0 aliphatic rings. The summed E-state index contributed by atoms with van der Waals surface area (Å²) in [6.07, 6.45) is 0. The van der Waals surface area contributed by atoms with E-state index in [1.807, 2.05) is 6.92 Å². The number of rotatable bonds is 5. The van der Waals surface area contributed by atoms with Crippen LogP contribution in [0.5, 0.6) is 17.2 Å². The van der Waals surface area contributed by atoms with Crippen LogP contribution in [0, 0.1) is 11.2 Å². The molecule has 2 aromatic carbocycles. The molecule has 2 aromatic rings. The maximum absolute atomic E-state index is 13.8. The van der Waals surface area contributed by atoms with Crippen LogP contribution in [0.2, 0.25) is 0 Å². The lowest BCUT2D eigenvalue weighted by Gasteiger charge is -2.09. The second-order valence-corrected chi connectivity index (χ2v) is 4.07. The fourth-order valence-corrected chi connectivity index (χ4v) is 1.67. The molecule has 0 unspecified atom stereocenters. The fourth-order valence-electron chi connectivity index (χ4n) is 1.67. The summed E-state index contributed by atoms with van der Waals surface area (Å²) in [4.78, 5) is 0. The Morgan fingerprint density at radius 3 is 2.60 bits per heavy atom. The van der Waals surface area contributed by atoms with Crippen molar-refractivity contribution in [3.8, 4) is 17.2 Å². The minimum absolute atomic E-state index is 0.0728. The molecule has 2 rings (SSSR count). The molecule has 0 heterocycles. The van der Waals surface area contributed by atoms with Crippen molar-refractivity contribution in [1.29, 1.82) is 5.41 Å². The van der Waals surface area contributed by atoms with Crippen molar-refractivity contribution in [2.75, 3.05) is 6.61 Å². The van der Waals surface area contributed by atoms with E-state index < -0.39 is 5.82 Å². The highest BCUT2D eigenvalue weighted by molar-refractivity contribution is 5.95. The van der Waals surface area contributed by atoms with E-state index in [-0.39, 0.29) is 11.6 Å². The van der Waals surface area contributed by atoms with Gasteiger partial charge in [0.05, 0.1) is 6.61 Å². The zero-order chi connectivity index (χ0) is 14.5. The Morgan fingerprint density at radius 2 is 1.95 bits per heavy atom. The molecule has 0 aliphatic carbocycles. The Balaban J connectivity index is 2.21. The van der Waals surface area contributed by atoms with Crippen molar-refractivity contribution in [3.63, 3.8) is 0 Å². The molecule has 0 atom stereocenters. The van der Waals surface area contributed by atoms with E-state index in [0.29, 0.717) is 23.7 Å². The first-order valence-electron chi connectivity index (χ1n) is 6.15. The molecule has 104 valence electrons. The largest absolute Gasteiger partial charge is 0.494 e. The maximum atomic E-state index is 13.8. The zero-order valence-electron chi connectivity index (χ0n) is 11.0. The van der Waals surface area contributed by atoms with Gasteiger partial charge in [0.2, 0.25) is 0 Å². The van der Waals surface area contributed by atoms with E-state index in [1.54, 1.807) is 24.3 Å². The molecule has 0 saturated carbocycles. The summed E-state index contributed by atoms with van der Waals surface area (Å²) in [5.74, 6) is 0.452. The predicted molar refractivity (Wildman–Crippen MR) is 75.1 cm³/mol. The Labute approximate surface area is 116 Å². The van der Waals surface area contributed by atoms with Gasteiger partial charge in [-0.25, -0.2) is 4.39 Å². The van der Waals surface area contributed by atoms with Gasteiger partial charge in [-0.1, -0.05) is 6.07 Å². The van der Waals surface area contributed by atoms with Crippen LogP contribution in [0.4, 0.5) is 4.39 Å². The van der Waals surface area contributed by atoms with Gasteiger partial charge in [0, 0.05) is 11.6 Å². The van der Waals surface area contributed by atoms with Gasteiger partial charge in [-0.05, 0) is 37.3 Å². The molecule has 5 heteroatoms. The standard InChI is InChI=1S/C15H15FN2O2/c1-2-19-11-4-3-5-12(9-11)20-14-7-6-10(15(17)18)8-13(14)16/h3-9H,2H2,1H3,(H3,17,18). The molecular formula is C15H15FN2O2. The van der Waals surface area contributed by atoms with Crippen molar-refractivity contribution >= 4 is 5.84 Å². The predicted octanol–water partition coefficient (Wildman–Crippen LogP) is 3.30. The Bertz CT molecular complexity index is 629. The lowest BCUT2D eigenvalue weighted by molar-refractivity contribution is 0.337. The summed E-state index contributed by atoms with van der Waals surface area (Å²) in [6.45, 7) is 2.43. The summed E-state index contributed by atoms with van der Waals surface area (Å²) in [5, 5.41) is 7.25. The number of halogens is 1. The van der Waals surface area contributed by atoms with E-state index in [2.05, 4.69) is 0 Å². The highest BCUT2D eigenvalue weighted by atomic mass is 19.1. The second kappa shape index (κ2) is 6.06. The van der Waals surface area contributed by atoms with Crippen LogP contribution in [0.25, 0.3) is 0 Å². The van der Waals surface area contributed by atoms with Gasteiger partial charge < -0.3 is 15.2 Å². The molecule has 4 nitrogen and oxygen atoms in total. The molecule has 0 amide bonds. The molecular weight excluding hydrogens is 259 g/mol. The third-order valence-electron chi connectivity index (χ3n) is 2.59. The van der Waals surface area contributed by atoms with Crippen LogP contribution in [0.15, 0.2) is 42.5 Å². The van der Waals surface area contributed by atoms with Gasteiger partial charge in [0.25, 0.3) is 0 Å². The average molecular weight is 274 g/mol. The Kier molecular flexibility index (Phi) is 4.20. The monoisotopic (exact) mass is 274 g/mol. The van der Waals surface area contributed by atoms with Crippen molar-refractivity contribution in [2.24, 2.45) is 5.73 Å². The number of ether oxygens (including phenoxy) is 2. The zero-order valence-corrected chi connectivity index (χ0v) is 11.0. The van der Waals surface area contributed by atoms with Gasteiger partial charge in [-0.3, -0.25) is 5.41 Å². The highest BCUT2D eigenvalue weighted by Crippen LogP contribution is 2.27. The minimum atomic E-state index is -0.570. The molecule has 3 N–H and O–H groups in total. The van der Waals surface area contributed by atoms with E-state index in [9.17, 15) is 4.39 Å². The number of amidine groups is 1. The lowest BCUT2D eigenvalue weighted by Crippen LogP contribution is -2.11. The van der Waals surface area contributed by atoms with Crippen LogP contribution >= 0.6 is 0 Å². The third kappa shape index (κ3) is 3.26. The van der Waals surface area contributed by atoms with Gasteiger partial charge in [-0.2, -0.15) is 0 Å². The van der Waals surface area contributed by atoms with Crippen molar-refractivity contribution < 1.29 is 13.9 Å². The Morgan fingerprint density at radius 1 is 1.20 bits per heavy atom. The number of hydrogen-bond acceptors (Lipinski definition) is 3. The number of benzene rings is 2. The third-order valence-corrected chi connectivity index (χ3v) is 2.59. The molecule has 0 bridgehead atoms. The maximum Gasteiger partial charge on any atom is 0.166 e. The summed E-state index contributed by atoms with van der Waals surface area (Å²) in [5.41, 5.74) is 5.62. The van der Waals surface area contributed by atoms with Crippen LogP contribution in [-0.2, 0) is 0 Å². The number of nitrogen functional groups attached to an aromatic ring is 1. The molecule has 0 radical (unpaired) electrons. The minimum Gasteiger partial charge on any atom is -0.494 e. The Hall–Kier alpha value is -2.56. The molecule has 0 saturated heterocycles. The normalized spacial score (nSPS) is 10.1. The number of hydrogen-bond donors (Lipinski definition) is 2. The van der Waals surface area contributed by atoms with Crippen LogP contribution in [0.3, 0.4) is 0 Å². The summed E-state index contributed by atoms with van der Waals surface area (Å²) in [7, 11) is 0. The first-order valence-corrected chi connectivity index (χ1v) is 6.15. The van der Waals surface area contributed by atoms with Crippen molar-refractivity contribution in [3.05, 3.63) is 53.8 Å². The smallest absolute Gasteiger partial charge is 0.166 e. The molecule has 0 spiro atoms. The van der Waals surface area contributed by atoms with Crippen LogP contribution < -0.4 is 15.2 Å². The lowest BCUT2D eigenvalue weighted by atomic mass is 10.2. The van der Waals surface area contributed by atoms with Crippen molar-refractivity contribution in [1.82, 2.24) is 0 Å². The number of nitrogens with two attached hydrogens (primary N) is 1. The van der Waals surface area contributed by atoms with E-state index in [4.69, 9.17) is 20.6 Å². The van der Waals surface area contributed by atoms with Crippen molar-refractivity contribution in [2.45, 2.75) is 6.92 Å². The summed E-state index contributed by atoms with van der Waals surface area (Å²) in [6, 6.07) is 11.1. The topological polar surface area (TPSA) is 68.3 Å². The summed E-state index contributed by atoms with van der Waals surface area (Å²) < 4.78 is 24.6.